The highest BCUT2D eigenvalue weighted by atomic mass is 16.2. The molecule has 1 aromatic rings. The molecule has 1 aromatic heterocycles. The first-order valence-electron chi connectivity index (χ1n) is 6.94. The van der Waals surface area contributed by atoms with Crippen molar-refractivity contribution in [2.24, 2.45) is 5.92 Å². The summed E-state index contributed by atoms with van der Waals surface area (Å²) in [5.74, 6) is 0.727. The lowest BCUT2D eigenvalue weighted by Crippen LogP contribution is -2.30. The van der Waals surface area contributed by atoms with Gasteiger partial charge in [-0.3, -0.25) is 14.5 Å². The Morgan fingerprint density at radius 2 is 2.15 bits per heavy atom. The van der Waals surface area contributed by atoms with Gasteiger partial charge in [0.15, 0.2) is 5.82 Å². The molecule has 0 spiro atoms. The largest absolute Gasteiger partial charge is 0.370 e. The summed E-state index contributed by atoms with van der Waals surface area (Å²) in [4.78, 5) is 33.6. The van der Waals surface area contributed by atoms with Gasteiger partial charge in [0, 0.05) is 30.6 Å². The van der Waals surface area contributed by atoms with Crippen LogP contribution < -0.4 is 5.32 Å². The number of amides is 2. The lowest BCUT2D eigenvalue weighted by Gasteiger charge is -2.14. The highest BCUT2D eigenvalue weighted by Gasteiger charge is 2.35. The SMILES string of the molecule is CCCNc1cc(C)nc(CN2C(=O)CC(C)C2=O)n1. The van der Waals surface area contributed by atoms with Crippen molar-refractivity contribution in [3.05, 3.63) is 17.6 Å². The third-order valence-electron chi connectivity index (χ3n) is 3.23. The highest BCUT2D eigenvalue weighted by molar-refractivity contribution is 6.03. The van der Waals surface area contributed by atoms with E-state index >= 15 is 0 Å². The van der Waals surface area contributed by atoms with Crippen LogP contribution in [0.3, 0.4) is 0 Å². The number of anilines is 1. The van der Waals surface area contributed by atoms with E-state index in [2.05, 4.69) is 22.2 Å². The number of nitrogens with one attached hydrogen (secondary N) is 1. The minimum Gasteiger partial charge on any atom is -0.370 e. The molecular weight excluding hydrogens is 256 g/mol. The third-order valence-corrected chi connectivity index (χ3v) is 3.23. The fourth-order valence-electron chi connectivity index (χ4n) is 2.20. The lowest BCUT2D eigenvalue weighted by molar-refractivity contribution is -0.140. The van der Waals surface area contributed by atoms with Crippen LogP contribution in [0, 0.1) is 12.8 Å². The van der Waals surface area contributed by atoms with Gasteiger partial charge in [0.25, 0.3) is 0 Å². The Morgan fingerprint density at radius 1 is 1.40 bits per heavy atom. The van der Waals surface area contributed by atoms with E-state index in [1.165, 1.54) is 4.90 Å². The second-order valence-electron chi connectivity index (χ2n) is 5.16. The number of aromatic nitrogens is 2. The molecule has 1 N–H and O–H groups in total. The molecule has 108 valence electrons. The van der Waals surface area contributed by atoms with Gasteiger partial charge in [-0.05, 0) is 13.3 Å². The predicted molar refractivity (Wildman–Crippen MR) is 74.9 cm³/mol. The minimum absolute atomic E-state index is 0.136. The van der Waals surface area contributed by atoms with Crippen LogP contribution in [-0.4, -0.2) is 33.2 Å². The van der Waals surface area contributed by atoms with Crippen molar-refractivity contribution in [2.75, 3.05) is 11.9 Å². The van der Waals surface area contributed by atoms with E-state index in [4.69, 9.17) is 0 Å². The summed E-state index contributed by atoms with van der Waals surface area (Å²) in [5.41, 5.74) is 0.820. The van der Waals surface area contributed by atoms with Gasteiger partial charge in [-0.15, -0.1) is 0 Å². The molecule has 1 unspecified atom stereocenters. The molecule has 2 heterocycles. The lowest BCUT2D eigenvalue weighted by atomic mass is 10.1. The number of nitrogens with zero attached hydrogens (tertiary/aromatic N) is 3. The van der Waals surface area contributed by atoms with Crippen molar-refractivity contribution in [3.63, 3.8) is 0 Å². The quantitative estimate of drug-likeness (QED) is 0.825. The zero-order valence-corrected chi connectivity index (χ0v) is 12.1. The summed E-state index contributed by atoms with van der Waals surface area (Å²) in [6.45, 7) is 6.70. The molecule has 1 saturated heterocycles. The van der Waals surface area contributed by atoms with Gasteiger partial charge < -0.3 is 5.32 Å². The fraction of sp³-hybridized carbons (Fsp3) is 0.571. The first kappa shape index (κ1) is 14.4. The van der Waals surface area contributed by atoms with Crippen LogP contribution in [-0.2, 0) is 16.1 Å². The minimum atomic E-state index is -0.231. The fourth-order valence-corrected chi connectivity index (χ4v) is 2.20. The summed E-state index contributed by atoms with van der Waals surface area (Å²) in [6, 6.07) is 1.86. The number of hydrogen-bond donors (Lipinski definition) is 1. The Balaban J connectivity index is 2.14. The van der Waals surface area contributed by atoms with Crippen LogP contribution in [0.15, 0.2) is 6.07 Å². The third kappa shape index (κ3) is 3.12. The normalized spacial score (nSPS) is 18.8. The summed E-state index contributed by atoms with van der Waals surface area (Å²) in [7, 11) is 0. The average molecular weight is 276 g/mol. The van der Waals surface area contributed by atoms with Crippen LogP contribution in [0.25, 0.3) is 0 Å². The van der Waals surface area contributed by atoms with E-state index in [1.807, 2.05) is 13.0 Å². The van der Waals surface area contributed by atoms with Crippen LogP contribution in [0.4, 0.5) is 5.82 Å². The molecule has 1 fully saturated rings. The molecular formula is C14H20N4O2. The molecule has 0 aliphatic carbocycles. The molecule has 1 aliphatic heterocycles. The van der Waals surface area contributed by atoms with Crippen LogP contribution in [0.5, 0.6) is 0 Å². The summed E-state index contributed by atoms with van der Waals surface area (Å²) < 4.78 is 0. The number of carbonyl (C=O) groups is 2. The van der Waals surface area contributed by atoms with Crippen LogP contribution >= 0.6 is 0 Å². The molecule has 6 heteroatoms. The van der Waals surface area contributed by atoms with E-state index in [0.29, 0.717) is 5.82 Å². The van der Waals surface area contributed by atoms with Gasteiger partial charge in [0.2, 0.25) is 11.8 Å². The van der Waals surface area contributed by atoms with Crippen LogP contribution in [0.2, 0.25) is 0 Å². The summed E-state index contributed by atoms with van der Waals surface area (Å²) in [6.07, 6.45) is 1.28. The smallest absolute Gasteiger partial charge is 0.232 e. The van der Waals surface area contributed by atoms with Gasteiger partial charge >= 0.3 is 0 Å². The maximum absolute atomic E-state index is 11.9. The predicted octanol–water partition coefficient (Wildman–Crippen LogP) is 1.50. The van der Waals surface area contributed by atoms with E-state index in [9.17, 15) is 9.59 Å². The number of hydrogen-bond acceptors (Lipinski definition) is 5. The molecule has 2 rings (SSSR count). The first-order chi connectivity index (χ1) is 9.51. The molecule has 0 saturated carbocycles. The van der Waals surface area contributed by atoms with Gasteiger partial charge in [-0.25, -0.2) is 9.97 Å². The Labute approximate surface area is 118 Å². The molecule has 0 aromatic carbocycles. The Bertz CT molecular complexity index is 530. The van der Waals surface area contributed by atoms with Crippen LogP contribution in [0.1, 0.15) is 38.2 Å². The van der Waals surface area contributed by atoms with Crippen molar-refractivity contribution >= 4 is 17.6 Å². The average Bonchev–Trinajstić information content (AvgIpc) is 2.62. The standard InChI is InChI=1S/C14H20N4O2/c1-4-5-15-11-7-10(3)16-12(17-11)8-18-13(19)6-9(2)14(18)20/h7,9H,4-6,8H2,1-3H3,(H,15,16,17). The zero-order valence-electron chi connectivity index (χ0n) is 12.1. The molecule has 1 aliphatic rings. The second kappa shape index (κ2) is 5.98. The van der Waals surface area contributed by atoms with Crippen molar-refractivity contribution in [1.29, 1.82) is 0 Å². The van der Waals surface area contributed by atoms with Gasteiger partial charge in [-0.2, -0.15) is 0 Å². The topological polar surface area (TPSA) is 75.2 Å². The van der Waals surface area contributed by atoms with E-state index < -0.39 is 0 Å². The number of rotatable bonds is 5. The van der Waals surface area contributed by atoms with Crippen molar-refractivity contribution in [1.82, 2.24) is 14.9 Å². The van der Waals surface area contributed by atoms with E-state index in [1.54, 1.807) is 6.92 Å². The molecule has 1 atom stereocenters. The Morgan fingerprint density at radius 3 is 2.75 bits per heavy atom. The monoisotopic (exact) mass is 276 g/mol. The Kier molecular flexibility index (Phi) is 4.32. The number of imide groups is 1. The van der Waals surface area contributed by atoms with Gasteiger partial charge in [-0.1, -0.05) is 13.8 Å². The van der Waals surface area contributed by atoms with Crippen molar-refractivity contribution in [3.8, 4) is 0 Å². The highest BCUT2D eigenvalue weighted by Crippen LogP contribution is 2.20. The number of aryl methyl sites for hydroxylation is 1. The molecule has 20 heavy (non-hydrogen) atoms. The van der Waals surface area contributed by atoms with E-state index in [-0.39, 0.29) is 30.7 Å². The number of carbonyl (C=O) groups excluding carboxylic acids is 2. The molecule has 0 radical (unpaired) electrons. The zero-order chi connectivity index (χ0) is 14.7. The van der Waals surface area contributed by atoms with E-state index in [0.717, 1.165) is 24.5 Å². The van der Waals surface area contributed by atoms with Gasteiger partial charge in [0.05, 0.1) is 6.54 Å². The maximum atomic E-state index is 11.9. The maximum Gasteiger partial charge on any atom is 0.232 e. The molecule has 6 nitrogen and oxygen atoms in total. The number of likely N-dealkylation sites (tertiary alicyclic amines) is 1. The first-order valence-corrected chi connectivity index (χ1v) is 6.94. The second-order valence-corrected chi connectivity index (χ2v) is 5.16. The van der Waals surface area contributed by atoms with Gasteiger partial charge in [0.1, 0.15) is 5.82 Å². The summed E-state index contributed by atoms with van der Waals surface area (Å²) in [5, 5.41) is 3.19. The Hall–Kier alpha value is -1.98. The summed E-state index contributed by atoms with van der Waals surface area (Å²) >= 11 is 0. The van der Waals surface area contributed by atoms with Crippen molar-refractivity contribution in [2.45, 2.75) is 40.2 Å². The van der Waals surface area contributed by atoms with Crippen molar-refractivity contribution < 1.29 is 9.59 Å². The molecule has 0 bridgehead atoms. The molecule has 2 amide bonds.